The molecule has 4 rings (SSSR count). The van der Waals surface area contributed by atoms with Gasteiger partial charge in [0.05, 0.1) is 16.0 Å². The zero-order valence-electron chi connectivity index (χ0n) is 16.4. The first-order valence-corrected chi connectivity index (χ1v) is 10.8. The van der Waals surface area contributed by atoms with Crippen molar-refractivity contribution in [2.75, 3.05) is 5.32 Å². The number of nitrogens with two attached hydrogens (primary N) is 1. The lowest BCUT2D eigenvalue weighted by molar-refractivity contribution is 0.0697. The smallest absolute Gasteiger partial charge is 0.335 e. The Balaban J connectivity index is 1.68. The molecule has 0 aliphatic rings. The molecule has 8 nitrogen and oxygen atoms in total. The van der Waals surface area contributed by atoms with Crippen molar-refractivity contribution in [2.45, 2.75) is 11.8 Å². The summed E-state index contributed by atoms with van der Waals surface area (Å²) in [6.07, 6.45) is 1.67. The van der Waals surface area contributed by atoms with E-state index in [1.165, 1.54) is 12.1 Å². The Kier molecular flexibility index (Phi) is 5.14. The van der Waals surface area contributed by atoms with Gasteiger partial charge < -0.3 is 10.4 Å². The van der Waals surface area contributed by atoms with Crippen molar-refractivity contribution in [1.29, 1.82) is 0 Å². The first kappa shape index (κ1) is 20.5. The molecule has 0 saturated carbocycles. The van der Waals surface area contributed by atoms with Gasteiger partial charge in [-0.1, -0.05) is 18.2 Å². The van der Waals surface area contributed by atoms with E-state index in [0.717, 1.165) is 22.1 Å². The molecule has 3 aromatic carbocycles. The zero-order valence-corrected chi connectivity index (χ0v) is 17.2. The van der Waals surface area contributed by atoms with E-state index in [2.05, 4.69) is 15.3 Å². The number of aromatic carboxylic acids is 1. The topological polar surface area (TPSA) is 135 Å². The fourth-order valence-corrected chi connectivity index (χ4v) is 3.69. The molecule has 0 fully saturated rings. The number of hydrogen-bond donors (Lipinski definition) is 3. The fraction of sp³-hybridized carbons (Fsp3) is 0.0455. The summed E-state index contributed by atoms with van der Waals surface area (Å²) in [6.45, 7) is 1.92. The van der Waals surface area contributed by atoms with Gasteiger partial charge in [-0.15, -0.1) is 0 Å². The van der Waals surface area contributed by atoms with E-state index in [1.54, 1.807) is 36.5 Å². The Morgan fingerprint density at radius 3 is 2.45 bits per heavy atom. The number of rotatable bonds is 5. The number of carboxylic acid groups (broad SMARTS) is 1. The number of hydrogen-bond acceptors (Lipinski definition) is 6. The predicted octanol–water partition coefficient (Wildman–Crippen LogP) is 3.69. The van der Waals surface area contributed by atoms with Gasteiger partial charge in [0.1, 0.15) is 0 Å². The normalized spacial score (nSPS) is 11.4. The predicted molar refractivity (Wildman–Crippen MR) is 118 cm³/mol. The van der Waals surface area contributed by atoms with Crippen molar-refractivity contribution in [3.8, 4) is 11.1 Å². The maximum atomic E-state index is 11.4. The maximum absolute atomic E-state index is 11.4. The molecule has 9 heteroatoms. The number of anilines is 2. The van der Waals surface area contributed by atoms with Gasteiger partial charge in [0.15, 0.2) is 0 Å². The summed E-state index contributed by atoms with van der Waals surface area (Å²) >= 11 is 0. The first-order chi connectivity index (χ1) is 14.7. The van der Waals surface area contributed by atoms with Crippen LogP contribution in [0.15, 0.2) is 71.8 Å². The Labute approximate surface area is 178 Å². The number of benzene rings is 3. The summed E-state index contributed by atoms with van der Waals surface area (Å²) < 4.78 is 22.8. The monoisotopic (exact) mass is 434 g/mol. The molecule has 4 N–H and O–H groups in total. The average molecular weight is 434 g/mol. The van der Waals surface area contributed by atoms with E-state index in [4.69, 9.17) is 5.14 Å². The van der Waals surface area contributed by atoms with Gasteiger partial charge in [-0.05, 0) is 66.1 Å². The Bertz CT molecular complexity index is 1420. The van der Waals surface area contributed by atoms with Crippen LogP contribution < -0.4 is 10.5 Å². The number of fused-ring (bicyclic) bond motifs is 1. The van der Waals surface area contributed by atoms with E-state index in [9.17, 15) is 18.3 Å². The Hall–Kier alpha value is -3.82. The molecule has 0 atom stereocenters. The number of nitrogens with one attached hydrogen (secondary N) is 1. The van der Waals surface area contributed by atoms with Gasteiger partial charge in [0.25, 0.3) is 0 Å². The van der Waals surface area contributed by atoms with Crippen molar-refractivity contribution in [1.82, 2.24) is 9.97 Å². The number of carboxylic acids is 1. The molecule has 1 aromatic heterocycles. The minimum atomic E-state index is -3.76. The van der Waals surface area contributed by atoms with Crippen LogP contribution in [-0.2, 0) is 10.0 Å². The summed E-state index contributed by atoms with van der Waals surface area (Å²) in [5, 5.41) is 18.3. The lowest BCUT2D eigenvalue weighted by atomic mass is 9.97. The fourth-order valence-electron chi connectivity index (χ4n) is 3.17. The second kappa shape index (κ2) is 7.78. The largest absolute Gasteiger partial charge is 0.478 e. The molecule has 0 bridgehead atoms. The maximum Gasteiger partial charge on any atom is 0.335 e. The summed E-state index contributed by atoms with van der Waals surface area (Å²) in [5.41, 5.74) is 4.10. The van der Waals surface area contributed by atoms with Crippen LogP contribution in [-0.4, -0.2) is 29.5 Å². The van der Waals surface area contributed by atoms with Crippen LogP contribution >= 0.6 is 0 Å². The van der Waals surface area contributed by atoms with Gasteiger partial charge in [0, 0.05) is 17.3 Å². The third kappa shape index (κ3) is 4.37. The SMILES string of the molecule is Cc1ccc(C(=O)O)cc1-c1ccc2cnc(Nc3ccc(S(N)(=O)=O)cc3)nc2c1. The van der Waals surface area contributed by atoms with Crippen molar-refractivity contribution in [2.24, 2.45) is 5.14 Å². The molecule has 31 heavy (non-hydrogen) atoms. The van der Waals surface area contributed by atoms with Crippen molar-refractivity contribution in [3.05, 3.63) is 78.0 Å². The Morgan fingerprint density at radius 2 is 1.77 bits per heavy atom. The third-order valence-corrected chi connectivity index (χ3v) is 5.75. The molecule has 0 radical (unpaired) electrons. The van der Waals surface area contributed by atoms with Gasteiger partial charge in [-0.25, -0.2) is 28.3 Å². The second-order valence-electron chi connectivity index (χ2n) is 7.00. The van der Waals surface area contributed by atoms with Crippen LogP contribution in [0.2, 0.25) is 0 Å². The van der Waals surface area contributed by atoms with Gasteiger partial charge in [0.2, 0.25) is 16.0 Å². The Morgan fingerprint density at radius 1 is 1.03 bits per heavy atom. The highest BCUT2D eigenvalue weighted by molar-refractivity contribution is 7.89. The van der Waals surface area contributed by atoms with Crippen molar-refractivity contribution >= 4 is 38.5 Å². The quantitative estimate of drug-likeness (QED) is 0.436. The number of nitrogens with zero attached hydrogens (tertiary/aromatic N) is 2. The van der Waals surface area contributed by atoms with Crippen LogP contribution in [0.25, 0.3) is 22.0 Å². The van der Waals surface area contributed by atoms with Gasteiger partial charge >= 0.3 is 5.97 Å². The molecule has 0 aliphatic heterocycles. The average Bonchev–Trinajstić information content (AvgIpc) is 2.73. The van der Waals surface area contributed by atoms with Crippen LogP contribution in [0.5, 0.6) is 0 Å². The van der Waals surface area contributed by atoms with E-state index < -0.39 is 16.0 Å². The number of aryl methyl sites for hydroxylation is 1. The highest BCUT2D eigenvalue weighted by Gasteiger charge is 2.10. The first-order valence-electron chi connectivity index (χ1n) is 9.22. The summed E-state index contributed by atoms with van der Waals surface area (Å²) in [7, 11) is -3.76. The van der Waals surface area contributed by atoms with Gasteiger partial charge in [-0.2, -0.15) is 0 Å². The second-order valence-corrected chi connectivity index (χ2v) is 8.56. The van der Waals surface area contributed by atoms with Crippen LogP contribution in [0, 0.1) is 6.92 Å². The summed E-state index contributed by atoms with van der Waals surface area (Å²) in [5.74, 6) is -0.645. The summed E-state index contributed by atoms with van der Waals surface area (Å²) in [4.78, 5) is 20.2. The highest BCUT2D eigenvalue weighted by Crippen LogP contribution is 2.28. The third-order valence-electron chi connectivity index (χ3n) is 4.82. The molecule has 4 aromatic rings. The van der Waals surface area contributed by atoms with Gasteiger partial charge in [-0.3, -0.25) is 0 Å². The minimum Gasteiger partial charge on any atom is -0.478 e. The molecule has 0 spiro atoms. The summed E-state index contributed by atoms with van der Waals surface area (Å²) in [6, 6.07) is 16.6. The van der Waals surface area contributed by atoms with Crippen LogP contribution in [0.1, 0.15) is 15.9 Å². The molecular formula is C22H18N4O4S. The number of aromatic nitrogens is 2. The number of primary sulfonamides is 1. The minimum absolute atomic E-state index is 0.0149. The number of sulfonamides is 1. The lowest BCUT2D eigenvalue weighted by Crippen LogP contribution is -2.11. The molecule has 156 valence electrons. The zero-order chi connectivity index (χ0) is 22.2. The molecule has 0 saturated heterocycles. The van der Waals surface area contributed by atoms with E-state index in [-0.39, 0.29) is 10.5 Å². The van der Waals surface area contributed by atoms with Crippen LogP contribution in [0.4, 0.5) is 11.6 Å². The van der Waals surface area contributed by atoms with E-state index in [1.807, 2.05) is 25.1 Å². The van der Waals surface area contributed by atoms with E-state index in [0.29, 0.717) is 17.2 Å². The van der Waals surface area contributed by atoms with Crippen molar-refractivity contribution < 1.29 is 18.3 Å². The molecule has 0 amide bonds. The number of carbonyl (C=O) groups is 1. The molecule has 0 unspecified atom stereocenters. The highest BCUT2D eigenvalue weighted by atomic mass is 32.2. The molecular weight excluding hydrogens is 416 g/mol. The van der Waals surface area contributed by atoms with Crippen LogP contribution in [0.3, 0.4) is 0 Å². The van der Waals surface area contributed by atoms with E-state index >= 15 is 0 Å². The molecule has 1 heterocycles. The standard InChI is InChI=1S/C22H18N4O4S/c1-13-2-3-15(21(27)28)10-19(13)14-4-5-16-12-24-22(26-20(16)11-14)25-17-6-8-18(9-7-17)31(23,29)30/h2-12H,1H3,(H,27,28)(H2,23,29,30)(H,24,25,26). The van der Waals surface area contributed by atoms with Crippen molar-refractivity contribution in [3.63, 3.8) is 0 Å². The lowest BCUT2D eigenvalue weighted by Gasteiger charge is -2.10. The molecule has 0 aliphatic carbocycles.